The van der Waals surface area contributed by atoms with Crippen LogP contribution in [0.3, 0.4) is 0 Å². The number of aliphatic hydroxyl groups excluding tert-OH is 1. The Morgan fingerprint density at radius 3 is 2.50 bits per heavy atom. The standard InChI is InChI=1S/C29H48O/c1-7-21(19(2)3)9-8-20(4)25-12-13-26-24-11-10-22-18-23(30)14-16-28(22,5)27(24)15-17-29(25,26)6/h8-10,19-21,23-27,30H,7,11-18H2,1-6H3/b9-8+/t20-,21?,23-,24-,25-,26+,27+,28-,29+/m0/s1. The molecular weight excluding hydrogens is 364 g/mol. The minimum Gasteiger partial charge on any atom is -0.393 e. The van der Waals surface area contributed by atoms with Crippen LogP contribution in [0.2, 0.25) is 0 Å². The van der Waals surface area contributed by atoms with E-state index in [1.54, 1.807) is 5.57 Å². The highest BCUT2D eigenvalue weighted by atomic mass is 16.3. The molecule has 0 saturated heterocycles. The number of hydrogen-bond acceptors (Lipinski definition) is 1. The molecule has 3 saturated carbocycles. The van der Waals surface area contributed by atoms with Crippen LogP contribution in [0.15, 0.2) is 23.8 Å². The monoisotopic (exact) mass is 412 g/mol. The van der Waals surface area contributed by atoms with Gasteiger partial charge in [0.2, 0.25) is 0 Å². The second kappa shape index (κ2) is 8.42. The Kier molecular flexibility index (Phi) is 6.35. The summed E-state index contributed by atoms with van der Waals surface area (Å²) in [6, 6.07) is 0. The van der Waals surface area contributed by atoms with Crippen LogP contribution in [-0.2, 0) is 0 Å². The third kappa shape index (κ3) is 3.66. The molecule has 0 spiro atoms. The van der Waals surface area contributed by atoms with Gasteiger partial charge in [-0.15, -0.1) is 0 Å². The second-order valence-corrected chi connectivity index (χ2v) is 12.4. The molecule has 0 aliphatic heterocycles. The van der Waals surface area contributed by atoms with Crippen molar-refractivity contribution >= 4 is 0 Å². The van der Waals surface area contributed by atoms with Gasteiger partial charge in [0.25, 0.3) is 0 Å². The average molecular weight is 413 g/mol. The lowest BCUT2D eigenvalue weighted by Crippen LogP contribution is -2.50. The van der Waals surface area contributed by atoms with E-state index in [1.165, 1.54) is 44.9 Å². The Morgan fingerprint density at radius 2 is 1.80 bits per heavy atom. The van der Waals surface area contributed by atoms with Gasteiger partial charge in [0, 0.05) is 0 Å². The van der Waals surface area contributed by atoms with Gasteiger partial charge in [-0.25, -0.2) is 0 Å². The van der Waals surface area contributed by atoms with E-state index in [2.05, 4.69) is 59.8 Å². The van der Waals surface area contributed by atoms with E-state index in [0.717, 1.165) is 48.3 Å². The molecule has 0 aromatic carbocycles. The number of aliphatic hydroxyl groups is 1. The molecule has 4 rings (SSSR count). The first-order chi connectivity index (χ1) is 14.2. The van der Waals surface area contributed by atoms with E-state index in [-0.39, 0.29) is 6.10 Å². The van der Waals surface area contributed by atoms with Gasteiger partial charge in [-0.3, -0.25) is 0 Å². The van der Waals surface area contributed by atoms with Gasteiger partial charge in [-0.1, -0.05) is 65.3 Å². The van der Waals surface area contributed by atoms with E-state index in [1.807, 2.05) is 0 Å². The average Bonchev–Trinajstić information content (AvgIpc) is 3.06. The molecule has 3 fully saturated rings. The maximum Gasteiger partial charge on any atom is 0.0577 e. The highest BCUT2D eigenvalue weighted by Crippen LogP contribution is 2.67. The first kappa shape index (κ1) is 22.6. The molecule has 1 nitrogen and oxygen atoms in total. The number of hydrogen-bond donors (Lipinski definition) is 1. The molecule has 1 unspecified atom stereocenters. The van der Waals surface area contributed by atoms with E-state index in [4.69, 9.17) is 0 Å². The van der Waals surface area contributed by atoms with Crippen molar-refractivity contribution in [3.8, 4) is 0 Å². The van der Waals surface area contributed by atoms with Crippen LogP contribution in [-0.4, -0.2) is 11.2 Å². The Hall–Kier alpha value is -0.560. The van der Waals surface area contributed by atoms with Crippen LogP contribution in [0.1, 0.15) is 99.3 Å². The molecule has 170 valence electrons. The number of allylic oxidation sites excluding steroid dienone is 3. The van der Waals surface area contributed by atoms with Gasteiger partial charge in [0.1, 0.15) is 0 Å². The van der Waals surface area contributed by atoms with Gasteiger partial charge >= 0.3 is 0 Å². The molecule has 9 atom stereocenters. The summed E-state index contributed by atoms with van der Waals surface area (Å²) in [7, 11) is 0. The molecule has 4 aliphatic rings. The quantitative estimate of drug-likeness (QED) is 0.457. The fourth-order valence-electron chi connectivity index (χ4n) is 8.83. The number of rotatable bonds is 5. The van der Waals surface area contributed by atoms with E-state index in [0.29, 0.717) is 16.7 Å². The molecule has 1 heteroatoms. The van der Waals surface area contributed by atoms with Crippen molar-refractivity contribution in [1.82, 2.24) is 0 Å². The summed E-state index contributed by atoms with van der Waals surface area (Å²) < 4.78 is 0. The first-order valence-corrected chi connectivity index (χ1v) is 13.3. The van der Waals surface area contributed by atoms with Gasteiger partial charge < -0.3 is 5.11 Å². The van der Waals surface area contributed by atoms with Crippen molar-refractivity contribution in [3.63, 3.8) is 0 Å². The van der Waals surface area contributed by atoms with Crippen molar-refractivity contribution < 1.29 is 5.11 Å². The molecule has 0 bridgehead atoms. The van der Waals surface area contributed by atoms with Gasteiger partial charge in [0.15, 0.2) is 0 Å². The Morgan fingerprint density at radius 1 is 1.03 bits per heavy atom. The smallest absolute Gasteiger partial charge is 0.0577 e. The molecule has 4 aliphatic carbocycles. The first-order valence-electron chi connectivity index (χ1n) is 13.3. The van der Waals surface area contributed by atoms with Gasteiger partial charge in [0.05, 0.1) is 6.10 Å². The lowest BCUT2D eigenvalue weighted by molar-refractivity contribution is -0.0540. The SMILES string of the molecule is CCC(/C=C/[C@H](C)[C@@H]1CC[C@@H]2[C@@H]3CC=C4C[C@@H](O)CC[C@]4(C)[C@@H]3CC[C@@]21C)C(C)C. The minimum absolute atomic E-state index is 0.0870. The summed E-state index contributed by atoms with van der Waals surface area (Å²) in [6.07, 6.45) is 19.1. The normalized spacial score (nSPS) is 45.6. The maximum atomic E-state index is 10.2. The molecule has 0 aromatic rings. The van der Waals surface area contributed by atoms with Crippen molar-refractivity contribution in [3.05, 3.63) is 23.8 Å². The molecule has 0 aromatic heterocycles. The minimum atomic E-state index is -0.0870. The molecule has 0 heterocycles. The van der Waals surface area contributed by atoms with Crippen LogP contribution in [0, 0.1) is 52.3 Å². The third-order valence-corrected chi connectivity index (χ3v) is 10.8. The maximum absolute atomic E-state index is 10.2. The zero-order chi connectivity index (χ0) is 21.7. The third-order valence-electron chi connectivity index (χ3n) is 10.8. The highest BCUT2D eigenvalue weighted by molar-refractivity contribution is 5.25. The van der Waals surface area contributed by atoms with E-state index in [9.17, 15) is 5.11 Å². The highest BCUT2D eigenvalue weighted by Gasteiger charge is 2.58. The van der Waals surface area contributed by atoms with Crippen molar-refractivity contribution in [2.45, 2.75) is 105 Å². The van der Waals surface area contributed by atoms with Crippen LogP contribution >= 0.6 is 0 Å². The summed E-state index contributed by atoms with van der Waals surface area (Å²) in [6.45, 7) is 14.8. The van der Waals surface area contributed by atoms with Crippen LogP contribution in [0.4, 0.5) is 0 Å². The summed E-state index contributed by atoms with van der Waals surface area (Å²) in [5.41, 5.74) is 2.51. The second-order valence-electron chi connectivity index (χ2n) is 12.4. The van der Waals surface area contributed by atoms with E-state index < -0.39 is 0 Å². The van der Waals surface area contributed by atoms with Crippen molar-refractivity contribution in [2.75, 3.05) is 0 Å². The summed E-state index contributed by atoms with van der Waals surface area (Å²) in [4.78, 5) is 0. The summed E-state index contributed by atoms with van der Waals surface area (Å²) in [5, 5.41) is 10.2. The van der Waals surface area contributed by atoms with E-state index >= 15 is 0 Å². The largest absolute Gasteiger partial charge is 0.393 e. The molecule has 0 radical (unpaired) electrons. The van der Waals surface area contributed by atoms with Gasteiger partial charge in [-0.05, 0) is 110 Å². The topological polar surface area (TPSA) is 20.2 Å². The lowest BCUT2D eigenvalue weighted by Gasteiger charge is -2.58. The fourth-order valence-corrected chi connectivity index (χ4v) is 8.83. The van der Waals surface area contributed by atoms with Crippen LogP contribution < -0.4 is 0 Å². The summed E-state index contributed by atoms with van der Waals surface area (Å²) in [5.74, 6) is 5.70. The zero-order valence-electron chi connectivity index (χ0n) is 20.7. The van der Waals surface area contributed by atoms with Crippen LogP contribution in [0.5, 0.6) is 0 Å². The Balaban J connectivity index is 1.52. The predicted octanol–water partition coefficient (Wildman–Crippen LogP) is 7.80. The lowest BCUT2D eigenvalue weighted by atomic mass is 9.47. The van der Waals surface area contributed by atoms with Crippen molar-refractivity contribution in [2.24, 2.45) is 52.3 Å². The number of fused-ring (bicyclic) bond motifs is 5. The zero-order valence-corrected chi connectivity index (χ0v) is 20.7. The van der Waals surface area contributed by atoms with Crippen LogP contribution in [0.25, 0.3) is 0 Å². The molecule has 1 N–H and O–H groups in total. The van der Waals surface area contributed by atoms with Gasteiger partial charge in [-0.2, -0.15) is 0 Å². The molecular formula is C29H48O. The Bertz CT molecular complexity index is 674. The molecule has 30 heavy (non-hydrogen) atoms. The molecule has 0 amide bonds. The summed E-state index contributed by atoms with van der Waals surface area (Å²) >= 11 is 0. The fraction of sp³-hybridized carbons (Fsp3) is 0.862. The Labute approximate surface area is 186 Å². The van der Waals surface area contributed by atoms with Crippen molar-refractivity contribution in [1.29, 1.82) is 0 Å². The predicted molar refractivity (Wildman–Crippen MR) is 128 cm³/mol.